The molecule has 1 heterocycles. The van der Waals surface area contributed by atoms with Crippen LogP contribution in [0.25, 0.3) is 0 Å². The van der Waals surface area contributed by atoms with Crippen LogP contribution in [-0.4, -0.2) is 50.4 Å². The van der Waals surface area contributed by atoms with E-state index >= 15 is 0 Å². The maximum Gasteiger partial charge on any atom is 0.119 e. The predicted molar refractivity (Wildman–Crippen MR) is 99.6 cm³/mol. The van der Waals surface area contributed by atoms with Crippen molar-refractivity contribution in [2.75, 3.05) is 39.5 Å². The SMILES string of the molecule is CCOCCCCCc1cccc(OCCN2CCCC(N)C2)c1. The predicted octanol–water partition coefficient (Wildman–Crippen LogP) is 3.24. The van der Waals surface area contributed by atoms with E-state index in [4.69, 9.17) is 15.2 Å². The highest BCUT2D eigenvalue weighted by molar-refractivity contribution is 5.28. The van der Waals surface area contributed by atoms with E-state index in [-0.39, 0.29) is 0 Å². The van der Waals surface area contributed by atoms with Crippen molar-refractivity contribution in [2.45, 2.75) is 51.5 Å². The van der Waals surface area contributed by atoms with E-state index in [0.29, 0.717) is 6.04 Å². The fourth-order valence-electron chi connectivity index (χ4n) is 3.23. The molecular formula is C20H34N2O2. The van der Waals surface area contributed by atoms with Crippen LogP contribution in [0, 0.1) is 0 Å². The van der Waals surface area contributed by atoms with Crippen molar-refractivity contribution in [1.82, 2.24) is 4.90 Å². The highest BCUT2D eigenvalue weighted by Crippen LogP contribution is 2.16. The Balaban J connectivity index is 1.63. The second-order valence-electron chi connectivity index (χ2n) is 6.71. The van der Waals surface area contributed by atoms with Gasteiger partial charge in [0.15, 0.2) is 0 Å². The van der Waals surface area contributed by atoms with E-state index < -0.39 is 0 Å². The van der Waals surface area contributed by atoms with Gasteiger partial charge in [0.05, 0.1) is 0 Å². The standard InChI is InChI=1S/C20H34N2O2/c1-2-23-14-5-3-4-8-18-9-6-11-20(16-18)24-15-13-22-12-7-10-19(21)17-22/h6,9,11,16,19H,2-5,7-8,10,12-15,17,21H2,1H3. The Morgan fingerprint density at radius 1 is 1.21 bits per heavy atom. The third kappa shape index (κ3) is 7.65. The second kappa shape index (κ2) is 11.5. The number of ether oxygens (including phenoxy) is 2. The number of benzene rings is 1. The van der Waals surface area contributed by atoms with Crippen molar-refractivity contribution in [2.24, 2.45) is 5.73 Å². The van der Waals surface area contributed by atoms with Crippen molar-refractivity contribution in [3.05, 3.63) is 29.8 Å². The maximum atomic E-state index is 6.02. The van der Waals surface area contributed by atoms with Crippen LogP contribution >= 0.6 is 0 Å². The minimum Gasteiger partial charge on any atom is -0.492 e. The summed E-state index contributed by atoms with van der Waals surface area (Å²) in [5.41, 5.74) is 7.39. The van der Waals surface area contributed by atoms with Crippen LogP contribution in [0.2, 0.25) is 0 Å². The van der Waals surface area contributed by atoms with Gasteiger partial charge >= 0.3 is 0 Å². The quantitative estimate of drug-likeness (QED) is 0.631. The van der Waals surface area contributed by atoms with Gasteiger partial charge in [0.1, 0.15) is 12.4 Å². The number of unbranched alkanes of at least 4 members (excludes halogenated alkanes) is 2. The average Bonchev–Trinajstić information content (AvgIpc) is 2.58. The van der Waals surface area contributed by atoms with Crippen LogP contribution in [0.4, 0.5) is 0 Å². The van der Waals surface area contributed by atoms with Gasteiger partial charge in [0.25, 0.3) is 0 Å². The van der Waals surface area contributed by atoms with Gasteiger partial charge in [-0.2, -0.15) is 0 Å². The molecule has 0 aliphatic carbocycles. The Morgan fingerprint density at radius 3 is 2.96 bits per heavy atom. The zero-order valence-corrected chi connectivity index (χ0v) is 15.2. The Labute approximate surface area is 147 Å². The second-order valence-corrected chi connectivity index (χ2v) is 6.71. The van der Waals surface area contributed by atoms with E-state index in [0.717, 1.165) is 64.5 Å². The minimum atomic E-state index is 0.338. The number of nitrogens with two attached hydrogens (primary N) is 1. The highest BCUT2D eigenvalue weighted by Gasteiger charge is 2.15. The van der Waals surface area contributed by atoms with Gasteiger partial charge in [0.2, 0.25) is 0 Å². The normalized spacial score (nSPS) is 18.7. The lowest BCUT2D eigenvalue weighted by Gasteiger charge is -2.30. The molecule has 0 radical (unpaired) electrons. The molecule has 4 heteroatoms. The minimum absolute atomic E-state index is 0.338. The molecule has 2 N–H and O–H groups in total. The molecular weight excluding hydrogens is 300 g/mol. The summed E-state index contributed by atoms with van der Waals surface area (Å²) in [4.78, 5) is 2.41. The summed E-state index contributed by atoms with van der Waals surface area (Å²) in [5, 5.41) is 0. The van der Waals surface area contributed by atoms with Crippen molar-refractivity contribution in [3.63, 3.8) is 0 Å². The zero-order chi connectivity index (χ0) is 17.0. The smallest absolute Gasteiger partial charge is 0.119 e. The van der Waals surface area contributed by atoms with E-state index in [1.54, 1.807) is 0 Å². The molecule has 1 aromatic rings. The first-order chi connectivity index (χ1) is 11.8. The average molecular weight is 335 g/mol. The van der Waals surface area contributed by atoms with E-state index in [2.05, 4.69) is 29.2 Å². The van der Waals surface area contributed by atoms with E-state index in [1.807, 2.05) is 6.92 Å². The van der Waals surface area contributed by atoms with Crippen LogP contribution in [-0.2, 0) is 11.2 Å². The fraction of sp³-hybridized carbons (Fsp3) is 0.700. The van der Waals surface area contributed by atoms with Crippen LogP contribution in [0.5, 0.6) is 5.75 Å². The molecule has 1 aliphatic heterocycles. The summed E-state index contributed by atoms with van der Waals surface area (Å²) in [7, 11) is 0. The molecule has 0 aromatic heterocycles. The number of nitrogens with zero attached hydrogens (tertiary/aromatic N) is 1. The van der Waals surface area contributed by atoms with Crippen LogP contribution in [0.15, 0.2) is 24.3 Å². The number of likely N-dealkylation sites (tertiary alicyclic amines) is 1. The number of rotatable bonds is 11. The topological polar surface area (TPSA) is 47.7 Å². The Morgan fingerprint density at radius 2 is 2.12 bits per heavy atom. The summed E-state index contributed by atoms with van der Waals surface area (Å²) in [5.74, 6) is 0.989. The Kier molecular flexibility index (Phi) is 9.18. The molecule has 0 spiro atoms. The number of piperidine rings is 1. The molecule has 24 heavy (non-hydrogen) atoms. The Bertz CT molecular complexity index is 453. The van der Waals surface area contributed by atoms with Gasteiger partial charge < -0.3 is 15.2 Å². The summed E-state index contributed by atoms with van der Waals surface area (Å²) in [6.07, 6.45) is 7.07. The summed E-state index contributed by atoms with van der Waals surface area (Å²) in [6, 6.07) is 8.87. The third-order valence-electron chi connectivity index (χ3n) is 4.57. The van der Waals surface area contributed by atoms with Gasteiger partial charge in [0, 0.05) is 32.3 Å². The van der Waals surface area contributed by atoms with Gasteiger partial charge in [-0.25, -0.2) is 0 Å². The zero-order valence-electron chi connectivity index (χ0n) is 15.2. The molecule has 1 unspecified atom stereocenters. The largest absolute Gasteiger partial charge is 0.492 e. The van der Waals surface area contributed by atoms with Crippen molar-refractivity contribution in [1.29, 1.82) is 0 Å². The lowest BCUT2D eigenvalue weighted by molar-refractivity contribution is 0.143. The van der Waals surface area contributed by atoms with Gasteiger partial charge in [-0.1, -0.05) is 18.6 Å². The molecule has 1 aromatic carbocycles. The molecule has 2 rings (SSSR count). The van der Waals surface area contributed by atoms with Crippen LogP contribution in [0.1, 0.15) is 44.6 Å². The summed E-state index contributed by atoms with van der Waals surface area (Å²) >= 11 is 0. The van der Waals surface area contributed by atoms with E-state index in [1.165, 1.54) is 24.8 Å². The Hall–Kier alpha value is -1.10. The molecule has 1 saturated heterocycles. The van der Waals surface area contributed by atoms with Gasteiger partial charge in [-0.05, 0) is 63.3 Å². The number of aryl methyl sites for hydroxylation is 1. The molecule has 0 amide bonds. The molecule has 1 aliphatic rings. The van der Waals surface area contributed by atoms with Crippen molar-refractivity contribution >= 4 is 0 Å². The maximum absolute atomic E-state index is 6.02. The first-order valence-corrected chi connectivity index (χ1v) is 9.55. The number of hydrogen-bond donors (Lipinski definition) is 1. The summed E-state index contributed by atoms with van der Waals surface area (Å²) in [6.45, 7) is 7.62. The monoisotopic (exact) mass is 334 g/mol. The van der Waals surface area contributed by atoms with E-state index in [9.17, 15) is 0 Å². The third-order valence-corrected chi connectivity index (χ3v) is 4.57. The van der Waals surface area contributed by atoms with Gasteiger partial charge in [-0.15, -0.1) is 0 Å². The highest BCUT2D eigenvalue weighted by atomic mass is 16.5. The number of hydrogen-bond acceptors (Lipinski definition) is 4. The van der Waals surface area contributed by atoms with Gasteiger partial charge in [-0.3, -0.25) is 4.90 Å². The molecule has 1 fully saturated rings. The fourth-order valence-corrected chi connectivity index (χ4v) is 3.23. The van der Waals surface area contributed by atoms with Crippen LogP contribution in [0.3, 0.4) is 0 Å². The van der Waals surface area contributed by atoms with Crippen molar-refractivity contribution < 1.29 is 9.47 Å². The first-order valence-electron chi connectivity index (χ1n) is 9.55. The molecule has 1 atom stereocenters. The van der Waals surface area contributed by atoms with Crippen molar-refractivity contribution in [3.8, 4) is 5.75 Å². The molecule has 4 nitrogen and oxygen atoms in total. The first kappa shape index (κ1) is 19.2. The molecule has 136 valence electrons. The molecule has 0 bridgehead atoms. The molecule has 0 saturated carbocycles. The lowest BCUT2D eigenvalue weighted by Crippen LogP contribution is -2.44. The van der Waals surface area contributed by atoms with Crippen LogP contribution < -0.4 is 10.5 Å². The lowest BCUT2D eigenvalue weighted by atomic mass is 10.1. The summed E-state index contributed by atoms with van der Waals surface area (Å²) < 4.78 is 11.3.